The summed E-state index contributed by atoms with van der Waals surface area (Å²) in [5, 5.41) is 5.93. The lowest BCUT2D eigenvalue weighted by atomic mass is 9.86. The van der Waals surface area contributed by atoms with E-state index in [-0.39, 0.29) is 5.54 Å². The second kappa shape index (κ2) is 4.32. The van der Waals surface area contributed by atoms with Crippen LogP contribution < -0.4 is 5.32 Å². The van der Waals surface area contributed by atoms with E-state index >= 15 is 0 Å². The van der Waals surface area contributed by atoms with Crippen molar-refractivity contribution in [2.24, 2.45) is 5.92 Å². The number of nitrogens with one attached hydrogen (secondary N) is 1. The van der Waals surface area contributed by atoms with E-state index in [9.17, 15) is 0 Å². The molecule has 1 saturated carbocycles. The van der Waals surface area contributed by atoms with Gasteiger partial charge >= 0.3 is 0 Å². The first-order valence-corrected chi connectivity index (χ1v) is 7.90. The first-order valence-electron chi connectivity index (χ1n) is 7.02. The van der Waals surface area contributed by atoms with Gasteiger partial charge in [0.2, 0.25) is 0 Å². The van der Waals surface area contributed by atoms with E-state index in [1.54, 1.807) is 0 Å². The van der Waals surface area contributed by atoms with Crippen LogP contribution in [0.1, 0.15) is 38.5 Å². The van der Waals surface area contributed by atoms with E-state index in [2.05, 4.69) is 48.5 Å². The number of rotatable bonds is 3. The van der Waals surface area contributed by atoms with Crippen LogP contribution in [0.25, 0.3) is 0 Å². The van der Waals surface area contributed by atoms with Gasteiger partial charge in [-0.3, -0.25) is 4.90 Å². The highest BCUT2D eigenvalue weighted by Crippen LogP contribution is 2.45. The van der Waals surface area contributed by atoms with Crippen LogP contribution in [-0.4, -0.2) is 29.1 Å². The van der Waals surface area contributed by atoms with Crippen molar-refractivity contribution in [2.75, 3.05) is 13.1 Å². The third-order valence-electron chi connectivity index (χ3n) is 4.62. The van der Waals surface area contributed by atoms with Crippen LogP contribution in [0.5, 0.6) is 0 Å². The van der Waals surface area contributed by atoms with E-state index in [0.29, 0.717) is 5.54 Å². The molecule has 2 aliphatic rings. The lowest BCUT2D eigenvalue weighted by Gasteiger charge is -2.51. The molecule has 18 heavy (non-hydrogen) atoms. The maximum absolute atomic E-state index is 3.74. The zero-order valence-corrected chi connectivity index (χ0v) is 12.5. The molecule has 0 amide bonds. The Hall–Kier alpha value is -0.380. The predicted octanol–water partition coefficient (Wildman–Crippen LogP) is 3.10. The molecule has 100 valence electrons. The molecule has 0 spiro atoms. The van der Waals surface area contributed by atoms with Crippen LogP contribution in [0.2, 0.25) is 0 Å². The highest BCUT2D eigenvalue weighted by molar-refractivity contribution is 7.09. The van der Waals surface area contributed by atoms with Crippen molar-refractivity contribution in [3.63, 3.8) is 0 Å². The van der Waals surface area contributed by atoms with Crippen molar-refractivity contribution in [1.82, 2.24) is 10.2 Å². The van der Waals surface area contributed by atoms with Crippen molar-refractivity contribution in [1.29, 1.82) is 0 Å². The van der Waals surface area contributed by atoms with Crippen molar-refractivity contribution >= 4 is 11.3 Å². The average Bonchev–Trinajstić information content (AvgIpc) is 3.04. The van der Waals surface area contributed by atoms with E-state index < -0.39 is 0 Å². The predicted molar refractivity (Wildman–Crippen MR) is 77.9 cm³/mol. The molecule has 0 radical (unpaired) electrons. The molecule has 1 N–H and O–H groups in total. The Morgan fingerprint density at radius 1 is 1.39 bits per heavy atom. The minimum atomic E-state index is 0.242. The van der Waals surface area contributed by atoms with Gasteiger partial charge in [-0.05, 0) is 51.0 Å². The Bertz CT molecular complexity index is 408. The number of thiophene rings is 1. The van der Waals surface area contributed by atoms with Crippen LogP contribution in [-0.2, 0) is 6.54 Å². The van der Waals surface area contributed by atoms with Gasteiger partial charge in [0.25, 0.3) is 0 Å². The average molecular weight is 264 g/mol. The summed E-state index contributed by atoms with van der Waals surface area (Å²) in [5.74, 6) is 0.904. The van der Waals surface area contributed by atoms with Crippen LogP contribution in [0.3, 0.4) is 0 Å². The van der Waals surface area contributed by atoms with Crippen LogP contribution in [0, 0.1) is 5.92 Å². The fourth-order valence-electron chi connectivity index (χ4n) is 3.18. The van der Waals surface area contributed by atoms with E-state index in [0.717, 1.165) is 25.6 Å². The first kappa shape index (κ1) is 12.6. The molecule has 1 aromatic heterocycles. The molecule has 0 aromatic carbocycles. The Morgan fingerprint density at radius 3 is 2.78 bits per heavy atom. The van der Waals surface area contributed by atoms with E-state index in [1.165, 1.54) is 17.7 Å². The Kier molecular flexibility index (Phi) is 3.04. The minimum absolute atomic E-state index is 0.242. The Labute approximate surface area is 114 Å². The molecule has 3 heteroatoms. The quantitative estimate of drug-likeness (QED) is 0.902. The van der Waals surface area contributed by atoms with Crippen molar-refractivity contribution in [3.05, 3.63) is 22.4 Å². The minimum Gasteiger partial charge on any atom is -0.309 e. The normalized spacial score (nSPS) is 32.6. The molecule has 1 aliphatic heterocycles. The third-order valence-corrected chi connectivity index (χ3v) is 5.48. The van der Waals surface area contributed by atoms with Crippen molar-refractivity contribution in [3.8, 4) is 0 Å². The van der Waals surface area contributed by atoms with Crippen molar-refractivity contribution < 1.29 is 0 Å². The molecule has 2 heterocycles. The monoisotopic (exact) mass is 264 g/mol. The van der Waals surface area contributed by atoms with Gasteiger partial charge in [0, 0.05) is 35.6 Å². The molecule has 1 unspecified atom stereocenters. The summed E-state index contributed by atoms with van der Waals surface area (Å²) in [6.07, 6.45) is 2.83. The second-order valence-corrected chi connectivity index (χ2v) is 7.84. The Morgan fingerprint density at radius 2 is 2.17 bits per heavy atom. The smallest absolute Gasteiger partial charge is 0.0338 e. The molecule has 1 aromatic rings. The maximum atomic E-state index is 3.74. The van der Waals surface area contributed by atoms with Gasteiger partial charge in [-0.15, -0.1) is 11.3 Å². The Balaban J connectivity index is 1.80. The van der Waals surface area contributed by atoms with Crippen LogP contribution >= 0.6 is 11.3 Å². The summed E-state index contributed by atoms with van der Waals surface area (Å²) in [6.45, 7) is 10.5. The SMILES string of the molecule is CC1(C)CN(Cc2cccs2)C(C)(C2CC2)CN1. The molecule has 0 bridgehead atoms. The molecule has 2 fully saturated rings. The van der Waals surface area contributed by atoms with Gasteiger partial charge in [-0.1, -0.05) is 6.07 Å². The fraction of sp³-hybridized carbons (Fsp3) is 0.733. The molecule has 1 saturated heterocycles. The van der Waals surface area contributed by atoms with Gasteiger partial charge in [0.1, 0.15) is 0 Å². The lowest BCUT2D eigenvalue weighted by molar-refractivity contribution is 0.00595. The van der Waals surface area contributed by atoms with E-state index in [1.807, 2.05) is 11.3 Å². The topological polar surface area (TPSA) is 15.3 Å². The molecule has 1 atom stereocenters. The molecule has 3 rings (SSSR count). The number of hydrogen-bond donors (Lipinski definition) is 1. The summed E-state index contributed by atoms with van der Waals surface area (Å²) in [6, 6.07) is 4.44. The zero-order chi connectivity index (χ0) is 12.8. The van der Waals surface area contributed by atoms with Gasteiger partial charge < -0.3 is 5.32 Å². The number of nitrogens with zero attached hydrogens (tertiary/aromatic N) is 1. The highest BCUT2D eigenvalue weighted by Gasteiger charge is 2.49. The molecular weight excluding hydrogens is 240 g/mol. The van der Waals surface area contributed by atoms with Gasteiger partial charge in [0.05, 0.1) is 0 Å². The largest absolute Gasteiger partial charge is 0.309 e. The standard InChI is InChI=1S/C15H24N2S/c1-14(2)11-17(9-13-5-4-8-18-13)15(3,10-16-14)12-6-7-12/h4-5,8,12,16H,6-7,9-11H2,1-3H3. The van der Waals surface area contributed by atoms with Crippen molar-refractivity contribution in [2.45, 2.75) is 51.2 Å². The second-order valence-electron chi connectivity index (χ2n) is 6.80. The van der Waals surface area contributed by atoms with Gasteiger partial charge in [-0.2, -0.15) is 0 Å². The summed E-state index contributed by atoms with van der Waals surface area (Å²) >= 11 is 1.89. The highest BCUT2D eigenvalue weighted by atomic mass is 32.1. The van der Waals surface area contributed by atoms with Crippen LogP contribution in [0.15, 0.2) is 17.5 Å². The summed E-state index contributed by atoms with van der Waals surface area (Å²) in [7, 11) is 0. The molecule has 2 nitrogen and oxygen atoms in total. The number of hydrogen-bond acceptors (Lipinski definition) is 3. The molecular formula is C15H24N2S. The lowest BCUT2D eigenvalue weighted by Crippen LogP contribution is -2.67. The van der Waals surface area contributed by atoms with Gasteiger partial charge in [0.15, 0.2) is 0 Å². The maximum Gasteiger partial charge on any atom is 0.0338 e. The third kappa shape index (κ3) is 2.36. The summed E-state index contributed by atoms with van der Waals surface area (Å²) < 4.78 is 0. The first-order chi connectivity index (χ1) is 8.50. The van der Waals surface area contributed by atoms with Gasteiger partial charge in [-0.25, -0.2) is 0 Å². The fourth-order valence-corrected chi connectivity index (χ4v) is 3.90. The van der Waals surface area contributed by atoms with Crippen LogP contribution in [0.4, 0.5) is 0 Å². The zero-order valence-electron chi connectivity index (χ0n) is 11.7. The number of piperazine rings is 1. The summed E-state index contributed by atoms with van der Waals surface area (Å²) in [5.41, 5.74) is 0.602. The molecule has 1 aliphatic carbocycles. The van der Waals surface area contributed by atoms with E-state index in [4.69, 9.17) is 0 Å². The summed E-state index contributed by atoms with van der Waals surface area (Å²) in [4.78, 5) is 4.23.